The Balaban J connectivity index is 2.38. The van der Waals surface area contributed by atoms with E-state index in [9.17, 15) is 13.2 Å². The monoisotopic (exact) mass is 292 g/mol. The summed E-state index contributed by atoms with van der Waals surface area (Å²) in [5.41, 5.74) is 0. The highest BCUT2D eigenvalue weighted by Crippen LogP contribution is 2.14. The second kappa shape index (κ2) is 7.81. The Morgan fingerprint density at radius 3 is 2.53 bits per heavy atom. The van der Waals surface area contributed by atoms with E-state index in [0.717, 1.165) is 6.42 Å². The van der Waals surface area contributed by atoms with Gasteiger partial charge in [-0.15, -0.1) is 0 Å². The number of nitrogens with one attached hydrogen (secondary N) is 1. The van der Waals surface area contributed by atoms with Gasteiger partial charge in [0.1, 0.15) is 0 Å². The van der Waals surface area contributed by atoms with Crippen molar-refractivity contribution in [1.29, 1.82) is 0 Å². The molecule has 1 fully saturated rings. The number of methoxy groups -OCH3 is 1. The van der Waals surface area contributed by atoms with Crippen LogP contribution in [-0.4, -0.2) is 57.2 Å². The van der Waals surface area contributed by atoms with Crippen LogP contribution in [0.15, 0.2) is 0 Å². The average molecular weight is 292 g/mol. The van der Waals surface area contributed by atoms with Crippen LogP contribution in [0.25, 0.3) is 0 Å². The van der Waals surface area contributed by atoms with E-state index in [0.29, 0.717) is 32.4 Å². The number of carbonyl (C=O) groups is 1. The second-order valence-corrected chi connectivity index (χ2v) is 6.89. The normalized spacial score (nSPS) is 18.4. The maximum atomic E-state index is 11.9. The van der Waals surface area contributed by atoms with E-state index in [1.807, 2.05) is 6.92 Å². The molecule has 0 bridgehead atoms. The third kappa shape index (κ3) is 5.46. The molecule has 1 amide bonds. The molecule has 0 radical (unpaired) electrons. The van der Waals surface area contributed by atoms with Crippen molar-refractivity contribution in [1.82, 2.24) is 9.62 Å². The smallest absolute Gasteiger partial charge is 0.220 e. The van der Waals surface area contributed by atoms with E-state index in [4.69, 9.17) is 4.74 Å². The van der Waals surface area contributed by atoms with E-state index in [1.54, 1.807) is 0 Å². The molecule has 0 atom stereocenters. The number of hydrogen-bond acceptors (Lipinski definition) is 4. The largest absolute Gasteiger partial charge is 0.384 e. The van der Waals surface area contributed by atoms with Crippen LogP contribution in [0.5, 0.6) is 0 Å². The van der Waals surface area contributed by atoms with Crippen LogP contribution in [-0.2, 0) is 19.6 Å². The lowest BCUT2D eigenvalue weighted by atomic mass is 10.1. The summed E-state index contributed by atoms with van der Waals surface area (Å²) in [5, 5.41) is 2.95. The van der Waals surface area contributed by atoms with E-state index in [-0.39, 0.29) is 24.3 Å². The first-order valence-corrected chi connectivity index (χ1v) is 8.36. The zero-order valence-corrected chi connectivity index (χ0v) is 12.5. The number of ether oxygens (including phenoxy) is 1. The van der Waals surface area contributed by atoms with Crippen molar-refractivity contribution >= 4 is 15.9 Å². The van der Waals surface area contributed by atoms with E-state index < -0.39 is 10.0 Å². The van der Waals surface area contributed by atoms with Gasteiger partial charge in [-0.25, -0.2) is 12.7 Å². The van der Waals surface area contributed by atoms with Crippen molar-refractivity contribution in [2.45, 2.75) is 38.6 Å². The highest BCUT2D eigenvalue weighted by Gasteiger charge is 2.28. The Hall–Kier alpha value is -0.660. The summed E-state index contributed by atoms with van der Waals surface area (Å²) in [6.45, 7) is 3.13. The number of amides is 1. The number of sulfonamides is 1. The molecular formula is C12H24N2O4S. The predicted octanol–water partition coefficient (Wildman–Crippen LogP) is 0.343. The van der Waals surface area contributed by atoms with Gasteiger partial charge in [0.15, 0.2) is 0 Å². The predicted molar refractivity (Wildman–Crippen MR) is 73.3 cm³/mol. The van der Waals surface area contributed by atoms with Crippen molar-refractivity contribution in [2.75, 3.05) is 32.6 Å². The molecule has 1 heterocycles. The molecule has 6 nitrogen and oxygen atoms in total. The lowest BCUT2D eigenvalue weighted by Crippen LogP contribution is -2.47. The van der Waals surface area contributed by atoms with E-state index in [2.05, 4.69) is 5.32 Å². The Kier molecular flexibility index (Phi) is 6.74. The second-order valence-electron chi connectivity index (χ2n) is 4.80. The van der Waals surface area contributed by atoms with Crippen molar-refractivity contribution in [3.8, 4) is 0 Å². The molecule has 0 aromatic rings. The molecular weight excluding hydrogens is 268 g/mol. The van der Waals surface area contributed by atoms with Gasteiger partial charge in [0.2, 0.25) is 15.9 Å². The first-order valence-electron chi connectivity index (χ1n) is 6.75. The molecule has 1 aliphatic rings. The molecule has 0 aromatic carbocycles. The minimum atomic E-state index is -3.21. The van der Waals surface area contributed by atoms with Gasteiger partial charge < -0.3 is 10.1 Å². The summed E-state index contributed by atoms with van der Waals surface area (Å²) in [7, 11) is -1.72. The highest BCUT2D eigenvalue weighted by molar-refractivity contribution is 7.89. The summed E-state index contributed by atoms with van der Waals surface area (Å²) >= 11 is 0. The summed E-state index contributed by atoms with van der Waals surface area (Å²) in [6.07, 6.45) is 2.73. The third-order valence-electron chi connectivity index (χ3n) is 3.23. The topological polar surface area (TPSA) is 75.7 Å². The summed E-state index contributed by atoms with van der Waals surface area (Å²) in [6, 6.07) is 0.105. The zero-order chi connectivity index (χ0) is 14.3. The first kappa shape index (κ1) is 16.4. The number of carbonyl (C=O) groups excluding carboxylic acids is 1. The van der Waals surface area contributed by atoms with Crippen LogP contribution < -0.4 is 5.32 Å². The lowest BCUT2D eigenvalue weighted by molar-refractivity contribution is -0.122. The molecule has 0 aromatic heterocycles. The van der Waals surface area contributed by atoms with Crippen molar-refractivity contribution < 1.29 is 17.9 Å². The lowest BCUT2D eigenvalue weighted by Gasteiger charge is -2.31. The molecule has 19 heavy (non-hydrogen) atoms. The van der Waals surface area contributed by atoms with Crippen molar-refractivity contribution in [2.24, 2.45) is 0 Å². The fourth-order valence-electron chi connectivity index (χ4n) is 2.12. The van der Waals surface area contributed by atoms with E-state index >= 15 is 0 Å². The summed E-state index contributed by atoms with van der Waals surface area (Å²) in [4.78, 5) is 11.5. The third-order valence-corrected chi connectivity index (χ3v) is 5.07. The van der Waals surface area contributed by atoms with Gasteiger partial charge in [0, 0.05) is 32.7 Å². The van der Waals surface area contributed by atoms with Crippen LogP contribution in [0.4, 0.5) is 0 Å². The zero-order valence-electron chi connectivity index (χ0n) is 11.7. The Morgan fingerprint density at radius 2 is 2.00 bits per heavy atom. The molecule has 0 aliphatic carbocycles. The van der Waals surface area contributed by atoms with Crippen LogP contribution in [0, 0.1) is 0 Å². The highest BCUT2D eigenvalue weighted by atomic mass is 32.2. The standard InChI is InChI=1S/C12H24N2O4S/c1-3-4-12(15)13-11-5-7-14(8-6-11)19(16,17)10-9-18-2/h11H,3-10H2,1-2H3,(H,13,15). The van der Waals surface area contributed by atoms with Crippen LogP contribution in [0.3, 0.4) is 0 Å². The average Bonchev–Trinajstić information content (AvgIpc) is 2.37. The molecule has 7 heteroatoms. The molecule has 0 saturated carbocycles. The van der Waals surface area contributed by atoms with Gasteiger partial charge in [-0.3, -0.25) is 4.79 Å². The maximum Gasteiger partial charge on any atom is 0.220 e. The quantitative estimate of drug-likeness (QED) is 0.734. The number of nitrogens with zero attached hydrogens (tertiary/aromatic N) is 1. The molecule has 1 saturated heterocycles. The van der Waals surface area contributed by atoms with Crippen LogP contribution in [0.1, 0.15) is 32.6 Å². The minimum Gasteiger partial charge on any atom is -0.384 e. The Bertz CT molecular complexity index is 375. The van der Waals surface area contributed by atoms with Gasteiger partial charge in [0.05, 0.1) is 12.4 Å². The summed E-state index contributed by atoms with van der Waals surface area (Å²) in [5.74, 6) is 0.0827. The first-order chi connectivity index (χ1) is 8.99. The van der Waals surface area contributed by atoms with Gasteiger partial charge in [-0.2, -0.15) is 0 Å². The van der Waals surface area contributed by atoms with Gasteiger partial charge >= 0.3 is 0 Å². The Labute approximate surface area is 115 Å². The molecule has 0 unspecified atom stereocenters. The van der Waals surface area contributed by atoms with Gasteiger partial charge in [-0.1, -0.05) is 6.92 Å². The van der Waals surface area contributed by atoms with E-state index in [1.165, 1.54) is 11.4 Å². The van der Waals surface area contributed by atoms with Gasteiger partial charge in [0.25, 0.3) is 0 Å². The van der Waals surface area contributed by atoms with Crippen LogP contribution >= 0.6 is 0 Å². The number of hydrogen-bond donors (Lipinski definition) is 1. The molecule has 1 N–H and O–H groups in total. The van der Waals surface area contributed by atoms with Crippen molar-refractivity contribution in [3.63, 3.8) is 0 Å². The number of piperidine rings is 1. The molecule has 1 rings (SSSR count). The van der Waals surface area contributed by atoms with Gasteiger partial charge in [-0.05, 0) is 19.3 Å². The van der Waals surface area contributed by atoms with Crippen molar-refractivity contribution in [3.05, 3.63) is 0 Å². The molecule has 0 spiro atoms. The SMILES string of the molecule is CCCC(=O)NC1CCN(S(=O)(=O)CCOC)CC1. The fourth-order valence-corrected chi connectivity index (χ4v) is 3.53. The summed E-state index contributed by atoms with van der Waals surface area (Å²) < 4.78 is 30.2. The Morgan fingerprint density at radius 1 is 1.37 bits per heavy atom. The molecule has 1 aliphatic heterocycles. The maximum absolute atomic E-state index is 11.9. The molecule has 112 valence electrons. The minimum absolute atomic E-state index is 0.0242. The van der Waals surface area contributed by atoms with Crippen LogP contribution in [0.2, 0.25) is 0 Å². The fraction of sp³-hybridized carbons (Fsp3) is 0.917. The number of rotatable bonds is 7.